The van der Waals surface area contributed by atoms with Gasteiger partial charge >= 0.3 is 0 Å². The summed E-state index contributed by atoms with van der Waals surface area (Å²) in [5.74, 6) is 0.465. The molecule has 0 aromatic heterocycles. The monoisotopic (exact) mass is 284 g/mol. The number of nitrogens with two attached hydrogens (primary N) is 2. The van der Waals surface area contributed by atoms with Gasteiger partial charge in [-0.25, -0.2) is 0 Å². The minimum Gasteiger partial charge on any atom is -0.327 e. The fourth-order valence-corrected chi connectivity index (χ4v) is 2.81. The van der Waals surface area contributed by atoms with Crippen LogP contribution >= 0.6 is 0 Å². The summed E-state index contributed by atoms with van der Waals surface area (Å²) in [5.41, 5.74) is 12.6. The molecule has 20 heavy (non-hydrogen) atoms. The molecule has 122 valence electrons. The van der Waals surface area contributed by atoms with E-state index >= 15 is 0 Å². The van der Waals surface area contributed by atoms with Crippen molar-refractivity contribution in [2.75, 3.05) is 0 Å². The molecular formula is C18H40N2. The molecule has 0 spiro atoms. The molecule has 0 bridgehead atoms. The van der Waals surface area contributed by atoms with Gasteiger partial charge in [-0.1, -0.05) is 85.0 Å². The molecule has 0 heterocycles. The van der Waals surface area contributed by atoms with Crippen molar-refractivity contribution in [1.29, 1.82) is 0 Å². The minimum atomic E-state index is 0.294. The van der Waals surface area contributed by atoms with Crippen LogP contribution in [-0.4, -0.2) is 12.1 Å². The zero-order chi connectivity index (χ0) is 15.2. The first kappa shape index (κ1) is 19.9. The van der Waals surface area contributed by atoms with Gasteiger partial charge in [-0.05, 0) is 18.8 Å². The van der Waals surface area contributed by atoms with Crippen LogP contribution in [0.25, 0.3) is 0 Å². The lowest BCUT2D eigenvalue weighted by atomic mass is 9.88. The predicted molar refractivity (Wildman–Crippen MR) is 91.9 cm³/mol. The molecule has 3 atom stereocenters. The highest BCUT2D eigenvalue weighted by molar-refractivity contribution is 4.78. The van der Waals surface area contributed by atoms with Gasteiger partial charge in [0.2, 0.25) is 0 Å². The van der Waals surface area contributed by atoms with E-state index in [2.05, 4.69) is 20.8 Å². The van der Waals surface area contributed by atoms with Crippen LogP contribution in [0, 0.1) is 5.92 Å². The maximum absolute atomic E-state index is 6.30. The van der Waals surface area contributed by atoms with E-state index in [0.29, 0.717) is 18.0 Å². The minimum absolute atomic E-state index is 0.294. The van der Waals surface area contributed by atoms with Gasteiger partial charge in [-0.3, -0.25) is 0 Å². The van der Waals surface area contributed by atoms with Gasteiger partial charge < -0.3 is 11.5 Å². The molecule has 0 rings (SSSR count). The molecule has 0 radical (unpaired) electrons. The average molecular weight is 285 g/mol. The first-order valence-corrected chi connectivity index (χ1v) is 9.14. The number of hydrogen-bond acceptors (Lipinski definition) is 2. The molecule has 0 saturated heterocycles. The van der Waals surface area contributed by atoms with E-state index < -0.39 is 0 Å². The second kappa shape index (κ2) is 13.9. The van der Waals surface area contributed by atoms with E-state index in [4.69, 9.17) is 11.5 Å². The van der Waals surface area contributed by atoms with Crippen LogP contribution in [0.3, 0.4) is 0 Å². The predicted octanol–water partition coefficient (Wildman–Crippen LogP) is 5.00. The molecule has 0 fully saturated rings. The van der Waals surface area contributed by atoms with Crippen molar-refractivity contribution in [3.63, 3.8) is 0 Å². The Morgan fingerprint density at radius 2 is 0.950 bits per heavy atom. The Bertz CT molecular complexity index is 174. The van der Waals surface area contributed by atoms with Crippen molar-refractivity contribution in [3.8, 4) is 0 Å². The van der Waals surface area contributed by atoms with E-state index in [9.17, 15) is 0 Å². The van der Waals surface area contributed by atoms with Crippen LogP contribution in [0.4, 0.5) is 0 Å². The van der Waals surface area contributed by atoms with Crippen LogP contribution in [0.2, 0.25) is 0 Å². The summed E-state index contributed by atoms with van der Waals surface area (Å²) in [6, 6.07) is 0.588. The lowest BCUT2D eigenvalue weighted by Gasteiger charge is -2.26. The van der Waals surface area contributed by atoms with Gasteiger partial charge in [0.05, 0.1) is 0 Å². The fraction of sp³-hybridized carbons (Fsp3) is 1.00. The zero-order valence-electron chi connectivity index (χ0n) is 14.4. The molecular weight excluding hydrogens is 244 g/mol. The third-order valence-electron chi connectivity index (χ3n) is 4.63. The Kier molecular flexibility index (Phi) is 13.8. The normalized spacial score (nSPS) is 16.1. The van der Waals surface area contributed by atoms with Gasteiger partial charge in [0.25, 0.3) is 0 Å². The van der Waals surface area contributed by atoms with Crippen molar-refractivity contribution < 1.29 is 0 Å². The molecule has 0 aromatic rings. The van der Waals surface area contributed by atoms with E-state index in [1.54, 1.807) is 0 Å². The molecule has 2 nitrogen and oxygen atoms in total. The zero-order valence-corrected chi connectivity index (χ0v) is 14.4. The maximum atomic E-state index is 6.30. The summed E-state index contributed by atoms with van der Waals surface area (Å²) >= 11 is 0. The van der Waals surface area contributed by atoms with Crippen molar-refractivity contribution in [2.45, 2.75) is 110 Å². The van der Waals surface area contributed by atoms with Crippen LogP contribution in [0.15, 0.2) is 0 Å². The standard InChI is InChI=1S/C18H40N2/c1-4-6-8-10-12-14-17(19)16(3)18(20)15-13-11-9-7-5-2/h16-18H,4-15,19-20H2,1-3H3/t16?,17-,18?/m0/s1. The van der Waals surface area contributed by atoms with Gasteiger partial charge in [0.1, 0.15) is 0 Å². The van der Waals surface area contributed by atoms with Gasteiger partial charge in [0.15, 0.2) is 0 Å². The lowest BCUT2D eigenvalue weighted by Crippen LogP contribution is -2.40. The Balaban J connectivity index is 3.61. The van der Waals surface area contributed by atoms with Gasteiger partial charge in [-0.2, -0.15) is 0 Å². The SMILES string of the molecule is CCCCCCCC(N)C(C)[C@@H](N)CCCCCCC. The second-order valence-electron chi connectivity index (χ2n) is 6.59. The topological polar surface area (TPSA) is 52.0 Å². The quantitative estimate of drug-likeness (QED) is 0.441. The highest BCUT2D eigenvalue weighted by Gasteiger charge is 2.19. The highest BCUT2D eigenvalue weighted by atomic mass is 14.7. The summed E-state index contributed by atoms with van der Waals surface area (Å²) in [4.78, 5) is 0. The molecule has 0 amide bonds. The molecule has 2 heteroatoms. The van der Waals surface area contributed by atoms with E-state index in [-0.39, 0.29) is 0 Å². The Labute approximate surface area is 128 Å². The van der Waals surface area contributed by atoms with E-state index in [1.807, 2.05) is 0 Å². The summed E-state index contributed by atoms with van der Waals surface area (Å²) < 4.78 is 0. The van der Waals surface area contributed by atoms with Crippen LogP contribution in [-0.2, 0) is 0 Å². The molecule has 2 unspecified atom stereocenters. The maximum Gasteiger partial charge on any atom is 0.00792 e. The highest BCUT2D eigenvalue weighted by Crippen LogP contribution is 2.17. The number of unbranched alkanes of at least 4 members (excludes halogenated alkanes) is 8. The largest absolute Gasteiger partial charge is 0.327 e. The summed E-state index contributed by atoms with van der Waals surface area (Å²) in [7, 11) is 0. The van der Waals surface area contributed by atoms with Crippen LogP contribution < -0.4 is 11.5 Å². The molecule has 4 N–H and O–H groups in total. The van der Waals surface area contributed by atoms with Crippen molar-refractivity contribution >= 4 is 0 Å². The van der Waals surface area contributed by atoms with E-state index in [0.717, 1.165) is 12.8 Å². The Morgan fingerprint density at radius 1 is 0.600 bits per heavy atom. The van der Waals surface area contributed by atoms with Gasteiger partial charge in [0, 0.05) is 12.1 Å². The number of hydrogen-bond donors (Lipinski definition) is 2. The third-order valence-corrected chi connectivity index (χ3v) is 4.63. The van der Waals surface area contributed by atoms with E-state index in [1.165, 1.54) is 64.2 Å². The average Bonchev–Trinajstić information content (AvgIpc) is 2.45. The first-order valence-electron chi connectivity index (χ1n) is 9.14. The van der Waals surface area contributed by atoms with Crippen LogP contribution in [0.1, 0.15) is 97.8 Å². The van der Waals surface area contributed by atoms with Gasteiger partial charge in [-0.15, -0.1) is 0 Å². The van der Waals surface area contributed by atoms with Crippen molar-refractivity contribution in [2.24, 2.45) is 17.4 Å². The molecule has 0 saturated carbocycles. The Morgan fingerprint density at radius 3 is 1.30 bits per heavy atom. The van der Waals surface area contributed by atoms with Crippen molar-refractivity contribution in [3.05, 3.63) is 0 Å². The lowest BCUT2D eigenvalue weighted by molar-refractivity contribution is 0.333. The number of rotatable bonds is 14. The molecule has 0 aromatic carbocycles. The Hall–Kier alpha value is -0.0800. The summed E-state index contributed by atoms with van der Waals surface area (Å²) in [6.07, 6.45) is 15.6. The molecule has 0 aliphatic carbocycles. The second-order valence-corrected chi connectivity index (χ2v) is 6.59. The fourth-order valence-electron chi connectivity index (χ4n) is 2.81. The third kappa shape index (κ3) is 10.7. The first-order chi connectivity index (χ1) is 9.63. The molecule has 0 aliphatic rings. The summed E-state index contributed by atoms with van der Waals surface area (Å²) in [5, 5.41) is 0. The smallest absolute Gasteiger partial charge is 0.00792 e. The molecule has 0 aliphatic heterocycles. The van der Waals surface area contributed by atoms with Crippen LogP contribution in [0.5, 0.6) is 0 Å². The summed E-state index contributed by atoms with van der Waals surface area (Å²) in [6.45, 7) is 6.76. The van der Waals surface area contributed by atoms with Crippen molar-refractivity contribution in [1.82, 2.24) is 0 Å².